The van der Waals surface area contributed by atoms with Gasteiger partial charge in [0.1, 0.15) is 11.5 Å². The van der Waals surface area contributed by atoms with Gasteiger partial charge in [0, 0.05) is 18.2 Å². The molecule has 0 spiro atoms. The molecule has 2 aromatic carbocycles. The van der Waals surface area contributed by atoms with Crippen LogP contribution in [0, 0.1) is 5.92 Å². The van der Waals surface area contributed by atoms with Crippen molar-refractivity contribution >= 4 is 11.9 Å². The average Bonchev–Trinajstić information content (AvgIpc) is 3.52. The van der Waals surface area contributed by atoms with Crippen molar-refractivity contribution in [2.24, 2.45) is 13.0 Å². The highest BCUT2D eigenvalue weighted by Crippen LogP contribution is 2.37. The molecule has 3 aromatic rings. The number of carbonyl (C=O) groups excluding carboxylic acids is 1. The number of imidazole rings is 1. The summed E-state index contributed by atoms with van der Waals surface area (Å²) in [5.74, 6) is 2.57. The maximum absolute atomic E-state index is 12.7. The number of nitrogens with one attached hydrogen (secondary N) is 1. The molecular weight excluding hydrogens is 366 g/mol. The molecule has 0 unspecified atom stereocenters. The topological polar surface area (TPSA) is 65.4 Å². The Morgan fingerprint density at radius 2 is 1.62 bits per heavy atom. The van der Waals surface area contributed by atoms with Gasteiger partial charge in [-0.25, -0.2) is 4.98 Å². The maximum Gasteiger partial charge on any atom is 0.257 e. The minimum atomic E-state index is -0.194. The third-order valence-corrected chi connectivity index (χ3v) is 5.29. The summed E-state index contributed by atoms with van der Waals surface area (Å²) < 4.78 is 12.4. The van der Waals surface area contributed by atoms with Gasteiger partial charge in [0.15, 0.2) is 0 Å². The van der Waals surface area contributed by atoms with Crippen molar-refractivity contribution in [1.29, 1.82) is 0 Å². The first-order valence-electron chi connectivity index (χ1n) is 9.74. The van der Waals surface area contributed by atoms with E-state index in [0.29, 0.717) is 23.2 Å². The van der Waals surface area contributed by atoms with Gasteiger partial charge < -0.3 is 14.0 Å². The lowest BCUT2D eigenvalue weighted by molar-refractivity contribution is 0.102. The molecule has 1 aliphatic rings. The molecule has 29 heavy (non-hydrogen) atoms. The molecule has 6 heteroatoms. The molecule has 6 nitrogen and oxygen atoms in total. The van der Waals surface area contributed by atoms with Gasteiger partial charge in [0.2, 0.25) is 5.95 Å². The Kier molecular flexibility index (Phi) is 5.25. The summed E-state index contributed by atoms with van der Waals surface area (Å²) in [4.78, 5) is 17.5. The monoisotopic (exact) mass is 391 g/mol. The highest BCUT2D eigenvalue weighted by atomic mass is 16.5. The molecule has 1 saturated carbocycles. The molecular formula is C23H25N3O3. The van der Waals surface area contributed by atoms with E-state index in [-0.39, 0.29) is 5.91 Å². The van der Waals surface area contributed by atoms with Gasteiger partial charge in [-0.3, -0.25) is 10.1 Å². The second kappa shape index (κ2) is 7.99. The highest BCUT2D eigenvalue weighted by Gasteiger charge is 2.27. The fourth-order valence-electron chi connectivity index (χ4n) is 3.43. The van der Waals surface area contributed by atoms with Crippen molar-refractivity contribution in [3.05, 3.63) is 59.8 Å². The molecule has 0 atom stereocenters. The third kappa shape index (κ3) is 4.11. The van der Waals surface area contributed by atoms with Gasteiger partial charge in [-0.05, 0) is 73.7 Å². The number of benzene rings is 2. The largest absolute Gasteiger partial charge is 0.497 e. The van der Waals surface area contributed by atoms with Gasteiger partial charge in [-0.2, -0.15) is 0 Å². The van der Waals surface area contributed by atoms with Crippen molar-refractivity contribution in [3.63, 3.8) is 0 Å². The number of carbonyl (C=O) groups is 1. The molecule has 0 aliphatic heterocycles. The van der Waals surface area contributed by atoms with Crippen molar-refractivity contribution in [1.82, 2.24) is 9.55 Å². The zero-order chi connectivity index (χ0) is 20.4. The van der Waals surface area contributed by atoms with Crippen LogP contribution in [-0.2, 0) is 13.5 Å². The standard InChI is InChI=1S/C23H25N3O3/c1-26-21(16-6-10-18(28-2)11-7-16)20(14-15-4-5-15)24-23(26)25-22(27)17-8-12-19(29-3)13-9-17/h6-13,15H,4-5,14H2,1-3H3,(H,24,25,27). The first-order valence-corrected chi connectivity index (χ1v) is 9.74. The Hall–Kier alpha value is -3.28. The van der Waals surface area contributed by atoms with Crippen LogP contribution in [-0.4, -0.2) is 29.7 Å². The number of methoxy groups -OCH3 is 2. The predicted molar refractivity (Wildman–Crippen MR) is 113 cm³/mol. The van der Waals surface area contributed by atoms with Gasteiger partial charge in [0.05, 0.1) is 25.6 Å². The summed E-state index contributed by atoms with van der Waals surface area (Å²) in [6.07, 6.45) is 3.41. The van der Waals surface area contributed by atoms with Crippen LogP contribution < -0.4 is 14.8 Å². The first kappa shape index (κ1) is 19.1. The minimum Gasteiger partial charge on any atom is -0.497 e. The summed E-state index contributed by atoms with van der Waals surface area (Å²) in [5.41, 5.74) is 3.67. The fraction of sp³-hybridized carbons (Fsp3) is 0.304. The van der Waals surface area contributed by atoms with Crippen LogP contribution in [0.15, 0.2) is 48.5 Å². The number of hydrogen-bond acceptors (Lipinski definition) is 4. The smallest absolute Gasteiger partial charge is 0.257 e. The van der Waals surface area contributed by atoms with Gasteiger partial charge in [-0.15, -0.1) is 0 Å². The number of hydrogen-bond donors (Lipinski definition) is 1. The van der Waals surface area contributed by atoms with Crippen LogP contribution in [0.1, 0.15) is 28.9 Å². The van der Waals surface area contributed by atoms with E-state index in [2.05, 4.69) is 5.32 Å². The number of anilines is 1. The van der Waals surface area contributed by atoms with Crippen molar-refractivity contribution in [2.45, 2.75) is 19.3 Å². The fourth-order valence-corrected chi connectivity index (χ4v) is 3.43. The Labute approximate surface area is 170 Å². The Morgan fingerprint density at radius 1 is 1.03 bits per heavy atom. The van der Waals surface area contributed by atoms with Crippen LogP contribution in [0.2, 0.25) is 0 Å². The Bertz CT molecular complexity index is 1000. The van der Waals surface area contributed by atoms with E-state index in [1.807, 2.05) is 35.9 Å². The number of nitrogens with zero attached hydrogens (tertiary/aromatic N) is 2. The molecule has 1 aliphatic carbocycles. The van der Waals surface area contributed by atoms with Crippen LogP contribution in [0.5, 0.6) is 11.5 Å². The van der Waals surface area contributed by atoms with Crippen LogP contribution in [0.3, 0.4) is 0 Å². The second-order valence-electron chi connectivity index (χ2n) is 7.35. The second-order valence-corrected chi connectivity index (χ2v) is 7.35. The zero-order valence-corrected chi connectivity index (χ0v) is 16.9. The lowest BCUT2D eigenvalue weighted by Gasteiger charge is -2.09. The van der Waals surface area contributed by atoms with Crippen LogP contribution >= 0.6 is 0 Å². The molecule has 150 valence electrons. The number of amides is 1. The maximum atomic E-state index is 12.7. The molecule has 1 N–H and O–H groups in total. The average molecular weight is 391 g/mol. The summed E-state index contributed by atoms with van der Waals surface area (Å²) in [7, 11) is 5.20. The van der Waals surface area contributed by atoms with E-state index < -0.39 is 0 Å². The van der Waals surface area contributed by atoms with E-state index in [0.717, 1.165) is 29.1 Å². The van der Waals surface area contributed by atoms with Gasteiger partial charge in [-0.1, -0.05) is 0 Å². The van der Waals surface area contributed by atoms with Crippen molar-refractivity contribution < 1.29 is 14.3 Å². The van der Waals surface area contributed by atoms with E-state index in [1.54, 1.807) is 38.5 Å². The number of aromatic nitrogens is 2. The van der Waals surface area contributed by atoms with E-state index in [4.69, 9.17) is 14.5 Å². The summed E-state index contributed by atoms with van der Waals surface area (Å²) in [5, 5.41) is 2.96. The zero-order valence-electron chi connectivity index (χ0n) is 16.9. The molecule has 4 rings (SSSR count). The highest BCUT2D eigenvalue weighted by molar-refractivity contribution is 6.03. The Balaban J connectivity index is 1.64. The normalized spacial score (nSPS) is 13.2. The lowest BCUT2D eigenvalue weighted by Crippen LogP contribution is -2.15. The predicted octanol–water partition coefficient (Wildman–Crippen LogP) is 4.31. The van der Waals surface area contributed by atoms with E-state index >= 15 is 0 Å². The SMILES string of the molecule is COc1ccc(C(=O)Nc2nc(CC3CC3)c(-c3ccc(OC)cc3)n2C)cc1. The number of rotatable bonds is 7. The molecule has 0 saturated heterocycles. The summed E-state index contributed by atoms with van der Waals surface area (Å²) in [6, 6.07) is 15.0. The lowest BCUT2D eigenvalue weighted by atomic mass is 10.1. The summed E-state index contributed by atoms with van der Waals surface area (Å²) >= 11 is 0. The molecule has 1 aromatic heterocycles. The molecule has 0 radical (unpaired) electrons. The van der Waals surface area contributed by atoms with Crippen molar-refractivity contribution in [3.8, 4) is 22.8 Å². The third-order valence-electron chi connectivity index (χ3n) is 5.29. The Morgan fingerprint density at radius 3 is 2.17 bits per heavy atom. The summed E-state index contributed by atoms with van der Waals surface area (Å²) in [6.45, 7) is 0. The van der Waals surface area contributed by atoms with Gasteiger partial charge in [0.25, 0.3) is 5.91 Å². The first-order chi connectivity index (χ1) is 14.1. The molecule has 1 amide bonds. The van der Waals surface area contributed by atoms with Crippen LogP contribution in [0.25, 0.3) is 11.3 Å². The van der Waals surface area contributed by atoms with Gasteiger partial charge >= 0.3 is 0 Å². The molecule has 1 heterocycles. The quantitative estimate of drug-likeness (QED) is 0.652. The molecule has 0 bridgehead atoms. The minimum absolute atomic E-state index is 0.194. The molecule has 1 fully saturated rings. The van der Waals surface area contributed by atoms with Crippen molar-refractivity contribution in [2.75, 3.05) is 19.5 Å². The number of ether oxygens (including phenoxy) is 2. The van der Waals surface area contributed by atoms with E-state index in [1.165, 1.54) is 12.8 Å². The van der Waals surface area contributed by atoms with E-state index in [9.17, 15) is 4.79 Å². The van der Waals surface area contributed by atoms with Crippen LogP contribution in [0.4, 0.5) is 5.95 Å².